The summed E-state index contributed by atoms with van der Waals surface area (Å²) in [6.45, 7) is 1.98. The zero-order valence-corrected chi connectivity index (χ0v) is 9.38. The maximum Gasteiger partial charge on any atom is 0.417 e. The highest BCUT2D eigenvalue weighted by Crippen LogP contribution is 2.28. The van der Waals surface area contributed by atoms with E-state index in [-0.39, 0.29) is 6.04 Å². The molecule has 1 heterocycles. The second-order valence-electron chi connectivity index (χ2n) is 3.58. The molecule has 0 aromatic carbocycles. The third-order valence-corrected chi connectivity index (χ3v) is 2.19. The van der Waals surface area contributed by atoms with Crippen molar-refractivity contribution in [2.45, 2.75) is 32.0 Å². The summed E-state index contributed by atoms with van der Waals surface area (Å²) in [6.07, 6.45) is 3.36. The van der Waals surface area contributed by atoms with Gasteiger partial charge in [0.25, 0.3) is 0 Å². The molecule has 0 spiro atoms. The van der Waals surface area contributed by atoms with Crippen LogP contribution in [0, 0.1) is 12.3 Å². The molecule has 0 radical (unpaired) electrons. The number of alkyl halides is 3. The molecule has 1 rings (SSSR count). The summed E-state index contributed by atoms with van der Waals surface area (Å²) >= 11 is 0. The van der Waals surface area contributed by atoms with Crippen molar-refractivity contribution in [3.63, 3.8) is 0 Å². The smallest absolute Gasteiger partial charge is 0.356 e. The van der Waals surface area contributed by atoms with Gasteiger partial charge >= 0.3 is 6.18 Å². The van der Waals surface area contributed by atoms with E-state index in [1.54, 1.807) is 0 Å². The lowest BCUT2D eigenvalue weighted by Crippen LogP contribution is -2.17. The maximum atomic E-state index is 12.3. The Kier molecular flexibility index (Phi) is 4.38. The van der Waals surface area contributed by atoms with E-state index in [4.69, 9.17) is 6.42 Å². The van der Waals surface area contributed by atoms with Crippen LogP contribution < -0.4 is 5.32 Å². The van der Waals surface area contributed by atoms with Crippen LogP contribution in [-0.4, -0.2) is 11.0 Å². The molecule has 0 bridgehead atoms. The molecule has 0 saturated heterocycles. The van der Waals surface area contributed by atoms with Crippen molar-refractivity contribution in [3.8, 4) is 12.3 Å². The van der Waals surface area contributed by atoms with Crippen molar-refractivity contribution in [1.29, 1.82) is 0 Å². The van der Waals surface area contributed by atoms with E-state index in [2.05, 4.69) is 16.2 Å². The Morgan fingerprint density at radius 2 is 2.18 bits per heavy atom. The normalized spacial score (nSPS) is 12.9. The molecule has 0 aliphatic carbocycles. The van der Waals surface area contributed by atoms with Crippen LogP contribution in [0.4, 0.5) is 19.0 Å². The minimum atomic E-state index is -4.36. The summed E-state index contributed by atoms with van der Waals surface area (Å²) in [7, 11) is 0. The fourth-order valence-corrected chi connectivity index (χ4v) is 1.31. The number of halogens is 3. The Bertz CT molecular complexity index is 390. The van der Waals surface area contributed by atoms with Gasteiger partial charge in [-0.2, -0.15) is 13.2 Å². The zero-order valence-electron chi connectivity index (χ0n) is 9.38. The molecular formula is C12H13F3N2. The van der Waals surface area contributed by atoms with Crippen LogP contribution >= 0.6 is 0 Å². The topological polar surface area (TPSA) is 24.9 Å². The monoisotopic (exact) mass is 242 g/mol. The Morgan fingerprint density at radius 1 is 1.47 bits per heavy atom. The Hall–Kier alpha value is -1.70. The fraction of sp³-hybridized carbons (Fsp3) is 0.417. The maximum absolute atomic E-state index is 12.3. The first-order valence-corrected chi connectivity index (χ1v) is 5.23. The quantitative estimate of drug-likeness (QED) is 0.819. The Morgan fingerprint density at radius 3 is 2.59 bits per heavy atom. The van der Waals surface area contributed by atoms with Gasteiger partial charge in [-0.1, -0.05) is 19.3 Å². The average molecular weight is 242 g/mol. The SMILES string of the molecule is C#CC(CCC)Nc1ccc(C(F)(F)F)cn1. The van der Waals surface area contributed by atoms with Crippen LogP contribution in [0.1, 0.15) is 25.3 Å². The van der Waals surface area contributed by atoms with E-state index in [9.17, 15) is 13.2 Å². The molecule has 1 aromatic heterocycles. The number of aromatic nitrogens is 1. The van der Waals surface area contributed by atoms with Gasteiger partial charge < -0.3 is 5.32 Å². The lowest BCUT2D eigenvalue weighted by molar-refractivity contribution is -0.137. The van der Waals surface area contributed by atoms with Gasteiger partial charge in [-0.25, -0.2) is 4.98 Å². The minimum Gasteiger partial charge on any atom is -0.356 e. The number of hydrogen-bond acceptors (Lipinski definition) is 2. The van der Waals surface area contributed by atoms with Gasteiger partial charge in [0.2, 0.25) is 0 Å². The number of terminal acetylenes is 1. The van der Waals surface area contributed by atoms with E-state index in [0.29, 0.717) is 5.82 Å². The van der Waals surface area contributed by atoms with Gasteiger partial charge in [0.1, 0.15) is 5.82 Å². The van der Waals surface area contributed by atoms with E-state index in [1.807, 2.05) is 6.92 Å². The summed E-state index contributed by atoms with van der Waals surface area (Å²) in [6, 6.07) is 2.06. The van der Waals surface area contributed by atoms with Gasteiger partial charge in [0, 0.05) is 6.20 Å². The van der Waals surface area contributed by atoms with Crippen LogP contribution in [0.25, 0.3) is 0 Å². The third kappa shape index (κ3) is 3.99. The van der Waals surface area contributed by atoms with Crippen LogP contribution in [0.2, 0.25) is 0 Å². The highest BCUT2D eigenvalue weighted by atomic mass is 19.4. The molecule has 0 aliphatic rings. The number of anilines is 1. The van der Waals surface area contributed by atoms with Crippen LogP contribution in [-0.2, 0) is 6.18 Å². The molecular weight excluding hydrogens is 229 g/mol. The zero-order chi connectivity index (χ0) is 12.9. The number of pyridine rings is 1. The van der Waals surface area contributed by atoms with Gasteiger partial charge in [-0.3, -0.25) is 0 Å². The molecule has 92 valence electrons. The van der Waals surface area contributed by atoms with Gasteiger partial charge in [0.15, 0.2) is 0 Å². The molecule has 0 fully saturated rings. The third-order valence-electron chi connectivity index (χ3n) is 2.19. The molecule has 1 atom stereocenters. The predicted molar refractivity (Wildman–Crippen MR) is 60.4 cm³/mol. The van der Waals surface area contributed by atoms with Gasteiger partial charge in [0.05, 0.1) is 11.6 Å². The molecule has 0 aliphatic heterocycles. The standard InChI is InChI=1S/C12H13F3N2/c1-3-5-10(4-2)17-11-7-6-9(8-16-11)12(13,14)15/h2,6-8,10H,3,5H2,1H3,(H,16,17). The first-order valence-electron chi connectivity index (χ1n) is 5.23. The molecule has 0 amide bonds. The van der Waals surface area contributed by atoms with Crippen LogP contribution in [0.5, 0.6) is 0 Å². The van der Waals surface area contributed by atoms with Crippen LogP contribution in [0.15, 0.2) is 18.3 Å². The molecule has 1 N–H and O–H groups in total. The summed E-state index contributed by atoms with van der Waals surface area (Å²) in [5.41, 5.74) is -0.768. The number of nitrogens with zero attached hydrogens (tertiary/aromatic N) is 1. The van der Waals surface area contributed by atoms with Gasteiger partial charge in [-0.15, -0.1) is 6.42 Å². The predicted octanol–water partition coefficient (Wildman–Crippen LogP) is 3.31. The Labute approximate surface area is 98.3 Å². The van der Waals surface area contributed by atoms with E-state index >= 15 is 0 Å². The highest BCUT2D eigenvalue weighted by Gasteiger charge is 2.30. The van der Waals surface area contributed by atoms with Crippen molar-refractivity contribution >= 4 is 5.82 Å². The summed E-state index contributed by atoms with van der Waals surface area (Å²) < 4.78 is 36.8. The van der Waals surface area contributed by atoms with Crippen molar-refractivity contribution in [1.82, 2.24) is 4.98 Å². The first kappa shape index (κ1) is 13.4. The molecule has 1 unspecified atom stereocenters. The second-order valence-corrected chi connectivity index (χ2v) is 3.58. The summed E-state index contributed by atoms with van der Waals surface area (Å²) in [5.74, 6) is 2.88. The van der Waals surface area contributed by atoms with E-state index < -0.39 is 11.7 Å². The number of hydrogen-bond donors (Lipinski definition) is 1. The molecule has 5 heteroatoms. The number of nitrogens with one attached hydrogen (secondary N) is 1. The lowest BCUT2D eigenvalue weighted by Gasteiger charge is -2.13. The molecule has 0 saturated carbocycles. The Balaban J connectivity index is 2.72. The van der Waals surface area contributed by atoms with Crippen molar-refractivity contribution in [2.75, 3.05) is 5.32 Å². The first-order chi connectivity index (χ1) is 7.97. The minimum absolute atomic E-state index is 0.204. The summed E-state index contributed by atoms with van der Waals surface area (Å²) in [5, 5.41) is 2.89. The van der Waals surface area contributed by atoms with Crippen LogP contribution in [0.3, 0.4) is 0 Å². The molecule has 17 heavy (non-hydrogen) atoms. The second kappa shape index (κ2) is 5.58. The van der Waals surface area contributed by atoms with Crippen molar-refractivity contribution in [3.05, 3.63) is 23.9 Å². The largest absolute Gasteiger partial charge is 0.417 e. The number of rotatable bonds is 4. The lowest BCUT2D eigenvalue weighted by atomic mass is 10.2. The average Bonchev–Trinajstić information content (AvgIpc) is 2.28. The van der Waals surface area contributed by atoms with Gasteiger partial charge in [-0.05, 0) is 18.6 Å². The van der Waals surface area contributed by atoms with E-state index in [0.717, 1.165) is 25.1 Å². The highest BCUT2D eigenvalue weighted by molar-refractivity contribution is 5.39. The fourth-order valence-electron chi connectivity index (χ4n) is 1.31. The molecule has 1 aromatic rings. The molecule has 2 nitrogen and oxygen atoms in total. The van der Waals surface area contributed by atoms with Crippen molar-refractivity contribution in [2.24, 2.45) is 0 Å². The van der Waals surface area contributed by atoms with E-state index in [1.165, 1.54) is 6.07 Å². The van der Waals surface area contributed by atoms with Crippen molar-refractivity contribution < 1.29 is 13.2 Å². The summed E-state index contributed by atoms with van der Waals surface area (Å²) in [4.78, 5) is 3.69.